The van der Waals surface area contributed by atoms with Crippen LogP contribution in [0.25, 0.3) is 0 Å². The van der Waals surface area contributed by atoms with Crippen molar-refractivity contribution in [2.75, 3.05) is 13.2 Å². The molecule has 0 aromatic rings. The summed E-state index contributed by atoms with van der Waals surface area (Å²) in [6.07, 6.45) is -2.70. The van der Waals surface area contributed by atoms with Crippen LogP contribution in [0.15, 0.2) is 21.8 Å². The molecule has 11 N–H and O–H groups in total. The summed E-state index contributed by atoms with van der Waals surface area (Å²) < 4.78 is 11.2. The number of aliphatic hydroxyl groups excluding tert-OH is 2. The van der Waals surface area contributed by atoms with Crippen LogP contribution in [0.3, 0.4) is 0 Å². The van der Waals surface area contributed by atoms with Crippen LogP contribution in [0.4, 0.5) is 0 Å². The number of aliphatic hydroxyl groups is 2. The number of carboxylic acid groups (broad SMARTS) is 1. The summed E-state index contributed by atoms with van der Waals surface area (Å²) >= 11 is 4.43. The van der Waals surface area contributed by atoms with E-state index in [0.29, 0.717) is 12.7 Å². The minimum Gasteiger partial charge on any atom is -0.478 e. The fraction of sp³-hybridized carbons (Fsp3) is 0.714. The predicted octanol–water partition coefficient (Wildman–Crippen LogP) is -2.46. The minimum absolute atomic E-state index is 0.0491. The summed E-state index contributed by atoms with van der Waals surface area (Å²) in [5.41, 5.74) is 16.2. The van der Waals surface area contributed by atoms with E-state index in [1.54, 1.807) is 6.92 Å². The number of thiol groups is 1. The first-order chi connectivity index (χ1) is 17.0. The number of carboxylic acids is 1. The number of nitrogens with zero attached hydrogens (tertiary/aromatic N) is 2. The first-order valence-corrected chi connectivity index (χ1v) is 11.9. The molecule has 2 radical (unpaired) electrons. The zero-order valence-corrected chi connectivity index (χ0v) is 22.3. The lowest BCUT2D eigenvalue weighted by Crippen LogP contribution is -2.59. The van der Waals surface area contributed by atoms with Crippen molar-refractivity contribution < 1.29 is 34.4 Å². The van der Waals surface area contributed by atoms with Crippen LogP contribution in [-0.4, -0.2) is 101 Å². The summed E-state index contributed by atoms with van der Waals surface area (Å²) in [7, 11) is 5.56. The van der Waals surface area contributed by atoms with Gasteiger partial charge in [0.25, 0.3) is 0 Å². The Kier molecular flexibility index (Phi) is 12.0. The molecule has 16 heteroatoms. The molecule has 1 heterocycles. The average molecular weight is 543 g/mol. The van der Waals surface area contributed by atoms with Crippen LogP contribution in [0.5, 0.6) is 0 Å². The molecular weight excluding hydrogens is 505 g/mol. The first kappa shape index (κ1) is 32.3. The van der Waals surface area contributed by atoms with Crippen LogP contribution < -0.4 is 27.8 Å². The molecule has 208 valence electrons. The second-order valence-corrected chi connectivity index (χ2v) is 10.4. The fourth-order valence-electron chi connectivity index (χ4n) is 3.43. The van der Waals surface area contributed by atoms with Crippen LogP contribution in [-0.2, 0) is 19.1 Å². The Balaban J connectivity index is 2.99. The zero-order chi connectivity index (χ0) is 28.6. The Labute approximate surface area is 222 Å². The van der Waals surface area contributed by atoms with E-state index < -0.39 is 58.5 Å². The highest BCUT2D eigenvalue weighted by molar-refractivity contribution is 7.81. The average Bonchev–Trinajstić information content (AvgIpc) is 2.75. The van der Waals surface area contributed by atoms with Gasteiger partial charge in [0.2, 0.25) is 11.7 Å². The molecule has 0 saturated carbocycles. The number of ether oxygens (including phenoxy) is 2. The Bertz CT molecular complexity index is 896. The number of hydrogen-bond donors (Lipinski definition) is 9. The zero-order valence-electron chi connectivity index (χ0n) is 21.4. The summed E-state index contributed by atoms with van der Waals surface area (Å²) in [5.74, 6) is -2.98. The van der Waals surface area contributed by atoms with Gasteiger partial charge in [-0.3, -0.25) is 9.79 Å². The van der Waals surface area contributed by atoms with Gasteiger partial charge in [-0.2, -0.15) is 0 Å². The van der Waals surface area contributed by atoms with Gasteiger partial charge in [-0.05, 0) is 33.3 Å². The number of aliphatic imine (C=N–C) groups is 2. The van der Waals surface area contributed by atoms with Crippen molar-refractivity contribution in [3.8, 4) is 0 Å². The van der Waals surface area contributed by atoms with E-state index >= 15 is 0 Å². The van der Waals surface area contributed by atoms with Gasteiger partial charge in [-0.1, -0.05) is 6.32 Å². The second-order valence-electron chi connectivity index (χ2n) is 9.48. The van der Waals surface area contributed by atoms with Crippen molar-refractivity contribution in [3.05, 3.63) is 11.8 Å². The number of guanidine groups is 2. The fourth-order valence-corrected chi connectivity index (χ4v) is 3.62. The highest BCUT2D eigenvalue weighted by Gasteiger charge is 2.43. The van der Waals surface area contributed by atoms with Gasteiger partial charge in [0.1, 0.15) is 23.2 Å². The molecule has 0 aromatic carbocycles. The third-order valence-corrected chi connectivity index (χ3v) is 5.54. The van der Waals surface area contributed by atoms with E-state index in [0.717, 1.165) is 6.08 Å². The summed E-state index contributed by atoms with van der Waals surface area (Å²) in [6, 6.07) is -2.19. The van der Waals surface area contributed by atoms with Crippen molar-refractivity contribution in [1.82, 2.24) is 10.6 Å². The van der Waals surface area contributed by atoms with E-state index in [9.17, 15) is 24.9 Å². The third kappa shape index (κ3) is 11.1. The molecule has 6 atom stereocenters. The van der Waals surface area contributed by atoms with Crippen LogP contribution in [0.1, 0.15) is 34.1 Å². The van der Waals surface area contributed by atoms with E-state index in [4.69, 9.17) is 34.5 Å². The molecule has 37 heavy (non-hydrogen) atoms. The third-order valence-electron chi connectivity index (χ3n) is 5.18. The lowest BCUT2D eigenvalue weighted by atomic mass is 9.92. The number of carbonyl (C=O) groups excluding carboxylic acids is 1. The van der Waals surface area contributed by atoms with Gasteiger partial charge < -0.3 is 52.6 Å². The lowest BCUT2D eigenvalue weighted by Gasteiger charge is -2.38. The maximum Gasteiger partial charge on any atom is 0.370 e. The van der Waals surface area contributed by atoms with Crippen molar-refractivity contribution in [2.24, 2.45) is 27.2 Å². The molecule has 0 spiro atoms. The topological polar surface area (TPSA) is 240 Å². The Morgan fingerprint density at radius 3 is 2.43 bits per heavy atom. The number of amides is 1. The number of aliphatic carboxylic acids is 1. The van der Waals surface area contributed by atoms with Crippen molar-refractivity contribution in [1.29, 1.82) is 0 Å². The second kappa shape index (κ2) is 13.7. The smallest absolute Gasteiger partial charge is 0.370 e. The first-order valence-electron chi connectivity index (χ1n) is 11.5. The maximum absolute atomic E-state index is 11.8. The van der Waals surface area contributed by atoms with Gasteiger partial charge in [-0.15, -0.1) is 12.6 Å². The normalized spacial score (nSPS) is 23.5. The Morgan fingerprint density at radius 2 is 1.92 bits per heavy atom. The molecule has 0 bridgehead atoms. The quantitative estimate of drug-likeness (QED) is 0.0388. The van der Waals surface area contributed by atoms with Crippen LogP contribution in [0, 0.1) is 0 Å². The molecule has 1 aliphatic heterocycles. The molecule has 0 aliphatic carbocycles. The highest BCUT2D eigenvalue weighted by atomic mass is 32.1. The predicted molar refractivity (Wildman–Crippen MR) is 142 cm³/mol. The van der Waals surface area contributed by atoms with E-state index in [2.05, 4.69) is 33.2 Å². The SMILES string of the molecule is [B]CCC(C)(S)OCC(C)(C)NC(N)=NC[C@@H](O)[C@@H](O)[C@@H]1OC(C(=O)O)=C[C@H](N=C(N)N)[C@H]1NC(C)=O. The highest BCUT2D eigenvalue weighted by Crippen LogP contribution is 2.25. The molecular formula is C21H38BN7O7S. The number of hydrogen-bond acceptors (Lipinski definition) is 9. The van der Waals surface area contributed by atoms with Gasteiger partial charge in [0, 0.05) is 6.92 Å². The number of nitrogens with two attached hydrogens (primary N) is 3. The molecule has 1 rings (SSSR count). The Hall–Kier alpha value is -2.69. The van der Waals surface area contributed by atoms with Crippen molar-refractivity contribution in [3.63, 3.8) is 0 Å². The summed E-state index contributed by atoms with van der Waals surface area (Å²) in [4.78, 5) is 30.6. The minimum atomic E-state index is -1.72. The Morgan fingerprint density at radius 1 is 1.30 bits per heavy atom. The van der Waals surface area contributed by atoms with E-state index in [-0.39, 0.29) is 25.1 Å². The summed E-state index contributed by atoms with van der Waals surface area (Å²) in [6.45, 7) is 6.43. The van der Waals surface area contributed by atoms with E-state index in [1.165, 1.54) is 6.92 Å². The largest absolute Gasteiger partial charge is 0.478 e. The molecule has 1 amide bonds. The van der Waals surface area contributed by atoms with Gasteiger partial charge >= 0.3 is 5.97 Å². The number of nitrogens with one attached hydrogen (secondary N) is 2. The molecule has 1 aliphatic rings. The van der Waals surface area contributed by atoms with Gasteiger partial charge in [-0.25, -0.2) is 9.79 Å². The van der Waals surface area contributed by atoms with Gasteiger partial charge in [0.15, 0.2) is 11.9 Å². The number of carbonyl (C=O) groups is 2. The van der Waals surface area contributed by atoms with Crippen molar-refractivity contribution in [2.45, 2.75) is 81.3 Å². The molecule has 1 unspecified atom stereocenters. The maximum atomic E-state index is 11.8. The molecule has 0 aromatic heterocycles. The monoisotopic (exact) mass is 543 g/mol. The standard InChI is InChI=1S/C21H38BN7O7S/c1-10(30)27-14-11(28-18(23)24)7-13(17(33)34)36-16(14)15(32)12(31)8-26-19(25)29-20(2,3)9-35-21(4,37)5-6-22/h7,11-12,14-16,31-32,37H,5-6,8-9H2,1-4H3,(H,27,30)(H,33,34)(H4,23,24,28)(H3,25,26,29)/t11-,12+,14+,15+,16+,21?/m0/s1. The molecule has 14 nitrogen and oxygen atoms in total. The van der Waals surface area contributed by atoms with Crippen molar-refractivity contribution >= 4 is 44.3 Å². The molecule has 0 fully saturated rings. The van der Waals surface area contributed by atoms with Gasteiger partial charge in [0.05, 0.1) is 38.6 Å². The van der Waals surface area contributed by atoms with E-state index in [1.807, 2.05) is 13.8 Å². The lowest BCUT2D eigenvalue weighted by molar-refractivity contribution is -0.144. The van der Waals surface area contributed by atoms with Crippen LogP contribution >= 0.6 is 12.6 Å². The van der Waals surface area contributed by atoms with Crippen LogP contribution in [0.2, 0.25) is 6.32 Å². The number of rotatable bonds is 13. The summed E-state index contributed by atoms with van der Waals surface area (Å²) in [5, 5.41) is 36.3. The molecule has 0 saturated heterocycles.